The molecule has 1 aliphatic rings. The van der Waals surface area contributed by atoms with Crippen molar-refractivity contribution < 1.29 is 4.79 Å². The minimum atomic E-state index is 0. The highest BCUT2D eigenvalue weighted by Gasteiger charge is 2.15. The van der Waals surface area contributed by atoms with E-state index < -0.39 is 0 Å². The average molecular weight is 424 g/mol. The molecule has 0 aromatic heterocycles. The molecule has 1 fully saturated rings. The van der Waals surface area contributed by atoms with Crippen LogP contribution in [0.2, 0.25) is 0 Å². The van der Waals surface area contributed by atoms with Crippen LogP contribution >= 0.6 is 24.0 Å². The topological polar surface area (TPSA) is 56.7 Å². The number of hydrogen-bond donors (Lipinski definition) is 2. The molecule has 6 heteroatoms. The van der Waals surface area contributed by atoms with E-state index in [2.05, 4.69) is 36.4 Å². The SMILES string of the molecule is CCNC(=NCC(C)C)NCCCN1CCCCCC1=O.I. The molecule has 1 aliphatic heterocycles. The van der Waals surface area contributed by atoms with E-state index in [4.69, 9.17) is 0 Å². The van der Waals surface area contributed by atoms with E-state index >= 15 is 0 Å². The largest absolute Gasteiger partial charge is 0.357 e. The number of guanidine groups is 1. The number of rotatable bonds is 7. The maximum atomic E-state index is 11.9. The van der Waals surface area contributed by atoms with Crippen molar-refractivity contribution in [2.24, 2.45) is 10.9 Å². The molecular weight excluding hydrogens is 391 g/mol. The van der Waals surface area contributed by atoms with E-state index in [1.54, 1.807) is 0 Å². The Hall–Kier alpha value is -0.530. The number of carbonyl (C=O) groups is 1. The predicted octanol–water partition coefficient (Wildman–Crippen LogP) is 2.61. The van der Waals surface area contributed by atoms with Gasteiger partial charge in [0.05, 0.1) is 0 Å². The van der Waals surface area contributed by atoms with Gasteiger partial charge in [0.15, 0.2) is 5.96 Å². The van der Waals surface area contributed by atoms with Crippen molar-refractivity contribution in [2.75, 3.05) is 32.7 Å². The van der Waals surface area contributed by atoms with E-state index in [0.717, 1.165) is 64.4 Å². The summed E-state index contributed by atoms with van der Waals surface area (Å²) in [5.41, 5.74) is 0. The minimum absolute atomic E-state index is 0. The van der Waals surface area contributed by atoms with Gasteiger partial charge in [-0.2, -0.15) is 0 Å². The summed E-state index contributed by atoms with van der Waals surface area (Å²) < 4.78 is 0. The fourth-order valence-electron chi connectivity index (χ4n) is 2.37. The van der Waals surface area contributed by atoms with E-state index in [0.29, 0.717) is 11.8 Å². The highest BCUT2D eigenvalue weighted by molar-refractivity contribution is 14.0. The molecule has 5 nitrogen and oxygen atoms in total. The highest BCUT2D eigenvalue weighted by Crippen LogP contribution is 2.11. The van der Waals surface area contributed by atoms with Gasteiger partial charge >= 0.3 is 0 Å². The Balaban J connectivity index is 0.00000441. The fraction of sp³-hybridized carbons (Fsp3) is 0.875. The van der Waals surface area contributed by atoms with Gasteiger partial charge in [-0.15, -0.1) is 24.0 Å². The van der Waals surface area contributed by atoms with Crippen LogP contribution in [0.5, 0.6) is 0 Å². The second kappa shape index (κ2) is 13.0. The second-order valence-electron chi connectivity index (χ2n) is 6.09. The fourth-order valence-corrected chi connectivity index (χ4v) is 2.37. The van der Waals surface area contributed by atoms with Gasteiger partial charge in [0.1, 0.15) is 0 Å². The summed E-state index contributed by atoms with van der Waals surface area (Å²) in [6.45, 7) is 10.7. The van der Waals surface area contributed by atoms with Crippen LogP contribution in [0, 0.1) is 5.92 Å². The molecule has 1 saturated heterocycles. The van der Waals surface area contributed by atoms with Crippen molar-refractivity contribution in [2.45, 2.75) is 52.9 Å². The number of amides is 1. The third-order valence-corrected chi connectivity index (χ3v) is 3.53. The van der Waals surface area contributed by atoms with E-state index in [9.17, 15) is 4.79 Å². The number of aliphatic imine (C=N–C) groups is 1. The predicted molar refractivity (Wildman–Crippen MR) is 104 cm³/mol. The van der Waals surface area contributed by atoms with Crippen molar-refractivity contribution in [1.82, 2.24) is 15.5 Å². The Morgan fingerprint density at radius 2 is 2.05 bits per heavy atom. The molecule has 1 rings (SSSR count). The zero-order valence-electron chi connectivity index (χ0n) is 14.4. The van der Waals surface area contributed by atoms with E-state index in [1.807, 2.05) is 4.90 Å². The molecule has 0 unspecified atom stereocenters. The molecule has 0 saturated carbocycles. The molecule has 1 heterocycles. The zero-order valence-corrected chi connectivity index (χ0v) is 16.7. The van der Waals surface area contributed by atoms with Gasteiger partial charge in [0.2, 0.25) is 5.91 Å². The monoisotopic (exact) mass is 424 g/mol. The van der Waals surface area contributed by atoms with Gasteiger partial charge < -0.3 is 15.5 Å². The van der Waals surface area contributed by atoms with Crippen molar-refractivity contribution in [3.63, 3.8) is 0 Å². The first-order valence-electron chi connectivity index (χ1n) is 8.43. The van der Waals surface area contributed by atoms with Gasteiger partial charge in [0, 0.05) is 39.1 Å². The Morgan fingerprint density at radius 1 is 1.27 bits per heavy atom. The summed E-state index contributed by atoms with van der Waals surface area (Å²) in [5, 5.41) is 6.60. The molecule has 0 aliphatic carbocycles. The lowest BCUT2D eigenvalue weighted by molar-refractivity contribution is -0.130. The first-order valence-corrected chi connectivity index (χ1v) is 8.43. The summed E-state index contributed by atoms with van der Waals surface area (Å²) in [4.78, 5) is 18.5. The van der Waals surface area contributed by atoms with Crippen LogP contribution in [-0.4, -0.2) is 49.5 Å². The van der Waals surface area contributed by atoms with Gasteiger partial charge in [-0.3, -0.25) is 9.79 Å². The third kappa shape index (κ3) is 9.48. The molecule has 1 amide bonds. The second-order valence-corrected chi connectivity index (χ2v) is 6.09. The van der Waals surface area contributed by atoms with Crippen LogP contribution in [-0.2, 0) is 4.79 Å². The van der Waals surface area contributed by atoms with E-state index in [1.165, 1.54) is 6.42 Å². The molecular formula is C16H33IN4O. The Morgan fingerprint density at radius 3 is 2.73 bits per heavy atom. The Labute approximate surface area is 152 Å². The van der Waals surface area contributed by atoms with Crippen LogP contribution in [0.15, 0.2) is 4.99 Å². The van der Waals surface area contributed by atoms with Crippen molar-refractivity contribution >= 4 is 35.8 Å². The number of hydrogen-bond acceptors (Lipinski definition) is 2. The normalized spacial score (nSPS) is 16.3. The Bertz CT molecular complexity index is 334. The van der Waals surface area contributed by atoms with Gasteiger partial charge in [-0.25, -0.2) is 0 Å². The highest BCUT2D eigenvalue weighted by atomic mass is 127. The maximum Gasteiger partial charge on any atom is 0.222 e. The molecule has 0 bridgehead atoms. The molecule has 22 heavy (non-hydrogen) atoms. The average Bonchev–Trinajstić information content (AvgIpc) is 2.65. The first kappa shape index (κ1) is 21.5. The maximum absolute atomic E-state index is 11.9. The summed E-state index contributed by atoms with van der Waals surface area (Å²) in [5.74, 6) is 1.77. The Kier molecular flexibility index (Phi) is 12.6. The molecule has 0 atom stereocenters. The van der Waals surface area contributed by atoms with Crippen LogP contribution in [0.3, 0.4) is 0 Å². The smallest absolute Gasteiger partial charge is 0.222 e. The molecule has 0 aromatic carbocycles. The first-order chi connectivity index (χ1) is 10.1. The summed E-state index contributed by atoms with van der Waals surface area (Å²) in [6.07, 6.45) is 5.09. The third-order valence-electron chi connectivity index (χ3n) is 3.53. The summed E-state index contributed by atoms with van der Waals surface area (Å²) >= 11 is 0. The quantitative estimate of drug-likeness (QED) is 0.286. The van der Waals surface area contributed by atoms with Crippen molar-refractivity contribution in [3.8, 4) is 0 Å². The summed E-state index contributed by atoms with van der Waals surface area (Å²) in [7, 11) is 0. The van der Waals surface area contributed by atoms with Gasteiger partial charge in [-0.05, 0) is 32.1 Å². The number of nitrogens with zero attached hydrogens (tertiary/aromatic N) is 2. The molecule has 0 spiro atoms. The van der Waals surface area contributed by atoms with Gasteiger partial charge in [0.25, 0.3) is 0 Å². The van der Waals surface area contributed by atoms with Crippen LogP contribution in [0.4, 0.5) is 0 Å². The lowest BCUT2D eigenvalue weighted by atomic mass is 10.2. The molecule has 0 radical (unpaired) electrons. The minimum Gasteiger partial charge on any atom is -0.357 e. The van der Waals surface area contributed by atoms with Gasteiger partial charge in [-0.1, -0.05) is 20.3 Å². The van der Waals surface area contributed by atoms with Crippen molar-refractivity contribution in [1.29, 1.82) is 0 Å². The standard InChI is InChI=1S/C16H32N4O.HI/c1-4-17-16(19-13-14(2)3)18-10-8-12-20-11-7-5-6-9-15(20)21;/h14H,4-13H2,1-3H3,(H2,17,18,19);1H. The zero-order chi connectivity index (χ0) is 15.5. The molecule has 2 N–H and O–H groups in total. The number of carbonyl (C=O) groups excluding carboxylic acids is 1. The lowest BCUT2D eigenvalue weighted by Gasteiger charge is -2.20. The molecule has 0 aromatic rings. The number of likely N-dealkylation sites (tertiary alicyclic amines) is 1. The van der Waals surface area contributed by atoms with Crippen LogP contribution < -0.4 is 10.6 Å². The van der Waals surface area contributed by atoms with Crippen LogP contribution in [0.25, 0.3) is 0 Å². The number of nitrogens with one attached hydrogen (secondary N) is 2. The van der Waals surface area contributed by atoms with Crippen molar-refractivity contribution in [3.05, 3.63) is 0 Å². The number of halogens is 1. The van der Waals surface area contributed by atoms with Crippen LogP contribution in [0.1, 0.15) is 52.9 Å². The van der Waals surface area contributed by atoms with E-state index in [-0.39, 0.29) is 24.0 Å². The summed E-state index contributed by atoms with van der Waals surface area (Å²) in [6, 6.07) is 0. The molecule has 130 valence electrons. The lowest BCUT2D eigenvalue weighted by Crippen LogP contribution is -2.39.